The van der Waals surface area contributed by atoms with E-state index in [0.29, 0.717) is 6.04 Å². The van der Waals surface area contributed by atoms with Gasteiger partial charge in [-0.2, -0.15) is 0 Å². The molecule has 2 rings (SSSR count). The summed E-state index contributed by atoms with van der Waals surface area (Å²) in [5, 5.41) is 5.81. The van der Waals surface area contributed by atoms with Gasteiger partial charge in [0, 0.05) is 20.0 Å². The van der Waals surface area contributed by atoms with Crippen LogP contribution >= 0.6 is 39.0 Å². The zero-order valence-corrected chi connectivity index (χ0v) is 15.1. The predicted octanol–water partition coefficient (Wildman–Crippen LogP) is 5.65. The average Bonchev–Trinajstić information content (AvgIpc) is 2.87. The Morgan fingerprint density at radius 1 is 1.30 bits per heavy atom. The maximum absolute atomic E-state index is 3.66. The summed E-state index contributed by atoms with van der Waals surface area (Å²) in [5.74, 6) is 1.06. The van der Waals surface area contributed by atoms with Crippen LogP contribution in [0.3, 0.4) is 0 Å². The molecule has 1 aromatic heterocycles. The molecule has 0 radical (unpaired) electrons. The number of thioether (sulfide) groups is 1. The molecule has 1 atom stereocenters. The maximum Gasteiger partial charge on any atom is 0.0521 e. The van der Waals surface area contributed by atoms with Gasteiger partial charge in [0.15, 0.2) is 0 Å². The Bertz CT molecular complexity index is 539. The molecule has 0 saturated carbocycles. The minimum absolute atomic E-state index is 0.411. The van der Waals surface area contributed by atoms with Crippen molar-refractivity contribution in [2.75, 3.05) is 12.3 Å². The first kappa shape index (κ1) is 16.1. The van der Waals surface area contributed by atoms with E-state index in [0.717, 1.165) is 18.7 Å². The van der Waals surface area contributed by atoms with Gasteiger partial charge in [-0.3, -0.25) is 0 Å². The summed E-state index contributed by atoms with van der Waals surface area (Å²) in [5.41, 5.74) is 1.36. The normalized spacial score (nSPS) is 12.6. The Hall–Kier alpha value is -0.290. The van der Waals surface area contributed by atoms with Crippen LogP contribution in [0.4, 0.5) is 0 Å². The molecule has 0 saturated heterocycles. The van der Waals surface area contributed by atoms with E-state index in [9.17, 15) is 0 Å². The van der Waals surface area contributed by atoms with E-state index >= 15 is 0 Å². The molecule has 1 heterocycles. The zero-order chi connectivity index (χ0) is 14.4. The standard InChI is InChI=1S/C16H20BrNS2/c1-3-9-18-14(16-13(17)8-10-19-16)11-20-15-7-5-4-6-12(15)2/h4-8,10,14,18H,3,9,11H2,1-2H3. The van der Waals surface area contributed by atoms with E-state index in [1.165, 1.54) is 19.8 Å². The van der Waals surface area contributed by atoms with Crippen LogP contribution in [0.1, 0.15) is 29.8 Å². The Morgan fingerprint density at radius 2 is 2.10 bits per heavy atom. The van der Waals surface area contributed by atoms with Crippen LogP contribution < -0.4 is 5.32 Å². The van der Waals surface area contributed by atoms with E-state index < -0.39 is 0 Å². The van der Waals surface area contributed by atoms with Gasteiger partial charge < -0.3 is 5.32 Å². The Labute approximate surface area is 138 Å². The van der Waals surface area contributed by atoms with Crippen LogP contribution in [0.2, 0.25) is 0 Å². The fourth-order valence-electron chi connectivity index (χ4n) is 1.99. The Kier molecular flexibility index (Phi) is 6.62. The quantitative estimate of drug-likeness (QED) is 0.632. The van der Waals surface area contributed by atoms with E-state index in [-0.39, 0.29) is 0 Å². The molecule has 1 N–H and O–H groups in total. The highest BCUT2D eigenvalue weighted by molar-refractivity contribution is 9.10. The molecule has 0 spiro atoms. The second kappa shape index (κ2) is 8.23. The molecule has 1 unspecified atom stereocenters. The molecule has 0 aliphatic rings. The SMILES string of the molecule is CCCNC(CSc1ccccc1C)c1sccc1Br. The molecule has 0 amide bonds. The lowest BCUT2D eigenvalue weighted by Crippen LogP contribution is -2.23. The molecule has 2 aromatic rings. The van der Waals surface area contributed by atoms with Crippen molar-refractivity contribution in [2.45, 2.75) is 31.2 Å². The molecule has 0 bridgehead atoms. The van der Waals surface area contributed by atoms with Gasteiger partial charge in [0.25, 0.3) is 0 Å². The van der Waals surface area contributed by atoms with Gasteiger partial charge in [0.2, 0.25) is 0 Å². The van der Waals surface area contributed by atoms with Crippen molar-refractivity contribution in [1.82, 2.24) is 5.32 Å². The van der Waals surface area contributed by atoms with Crippen molar-refractivity contribution in [3.05, 3.63) is 50.6 Å². The Morgan fingerprint density at radius 3 is 2.75 bits per heavy atom. The summed E-state index contributed by atoms with van der Waals surface area (Å²) in [6.07, 6.45) is 1.16. The summed E-state index contributed by atoms with van der Waals surface area (Å²) in [7, 11) is 0. The van der Waals surface area contributed by atoms with Gasteiger partial charge in [-0.25, -0.2) is 0 Å². The molecule has 1 aromatic carbocycles. The molecule has 4 heteroatoms. The van der Waals surface area contributed by atoms with Crippen molar-refractivity contribution < 1.29 is 0 Å². The van der Waals surface area contributed by atoms with Gasteiger partial charge in [-0.1, -0.05) is 25.1 Å². The van der Waals surface area contributed by atoms with Crippen LogP contribution in [-0.2, 0) is 0 Å². The van der Waals surface area contributed by atoms with Crippen LogP contribution in [0.5, 0.6) is 0 Å². The molecule has 108 valence electrons. The second-order valence-electron chi connectivity index (χ2n) is 4.72. The van der Waals surface area contributed by atoms with E-state index in [1.54, 1.807) is 0 Å². The summed E-state index contributed by atoms with van der Waals surface area (Å²) in [4.78, 5) is 2.78. The third-order valence-corrected chi connectivity index (χ3v) is 6.35. The zero-order valence-electron chi connectivity index (χ0n) is 11.9. The van der Waals surface area contributed by atoms with Gasteiger partial charge in [0.05, 0.1) is 6.04 Å². The first-order chi connectivity index (χ1) is 9.72. The first-order valence-corrected chi connectivity index (χ1v) is 9.53. The van der Waals surface area contributed by atoms with Gasteiger partial charge >= 0.3 is 0 Å². The second-order valence-corrected chi connectivity index (χ2v) is 7.58. The third-order valence-electron chi connectivity index (χ3n) is 3.10. The van der Waals surface area contributed by atoms with E-state index in [1.807, 2.05) is 23.1 Å². The first-order valence-electron chi connectivity index (χ1n) is 6.87. The largest absolute Gasteiger partial charge is 0.309 e. The van der Waals surface area contributed by atoms with Crippen molar-refractivity contribution in [3.63, 3.8) is 0 Å². The minimum atomic E-state index is 0.411. The highest BCUT2D eigenvalue weighted by Crippen LogP contribution is 2.33. The van der Waals surface area contributed by atoms with Gasteiger partial charge in [0.1, 0.15) is 0 Å². The van der Waals surface area contributed by atoms with Crippen LogP contribution in [0, 0.1) is 6.92 Å². The minimum Gasteiger partial charge on any atom is -0.309 e. The molecule has 1 nitrogen and oxygen atoms in total. The number of hydrogen-bond acceptors (Lipinski definition) is 3. The van der Waals surface area contributed by atoms with Crippen molar-refractivity contribution in [1.29, 1.82) is 0 Å². The fourth-order valence-corrected chi connectivity index (χ4v) is 4.92. The maximum atomic E-state index is 3.66. The van der Waals surface area contributed by atoms with Crippen molar-refractivity contribution in [2.24, 2.45) is 0 Å². The number of aryl methyl sites for hydroxylation is 1. The highest BCUT2D eigenvalue weighted by atomic mass is 79.9. The molecule has 0 fully saturated rings. The van der Waals surface area contributed by atoms with E-state index in [2.05, 4.69) is 70.8 Å². The third kappa shape index (κ3) is 4.35. The molecule has 0 aliphatic heterocycles. The number of hydrogen-bond donors (Lipinski definition) is 1. The topological polar surface area (TPSA) is 12.0 Å². The molecule has 0 aliphatic carbocycles. The van der Waals surface area contributed by atoms with Gasteiger partial charge in [-0.15, -0.1) is 23.1 Å². The summed E-state index contributed by atoms with van der Waals surface area (Å²) in [6.45, 7) is 5.45. The number of thiophene rings is 1. The monoisotopic (exact) mass is 369 g/mol. The Balaban J connectivity index is 2.05. The van der Waals surface area contributed by atoms with E-state index in [4.69, 9.17) is 0 Å². The highest BCUT2D eigenvalue weighted by Gasteiger charge is 2.16. The lowest BCUT2D eigenvalue weighted by Gasteiger charge is -2.18. The average molecular weight is 370 g/mol. The fraction of sp³-hybridized carbons (Fsp3) is 0.375. The predicted molar refractivity (Wildman–Crippen MR) is 95.0 cm³/mol. The summed E-state index contributed by atoms with van der Waals surface area (Å²) in [6, 6.07) is 11.2. The summed E-state index contributed by atoms with van der Waals surface area (Å²) < 4.78 is 1.22. The lowest BCUT2D eigenvalue weighted by molar-refractivity contribution is 0.583. The summed E-state index contributed by atoms with van der Waals surface area (Å²) >= 11 is 7.42. The van der Waals surface area contributed by atoms with Crippen molar-refractivity contribution >= 4 is 39.0 Å². The van der Waals surface area contributed by atoms with Gasteiger partial charge in [-0.05, 0) is 58.9 Å². The lowest BCUT2D eigenvalue weighted by atomic mass is 10.2. The number of rotatable bonds is 7. The van der Waals surface area contributed by atoms with Crippen LogP contribution in [0.15, 0.2) is 45.1 Å². The molecule has 20 heavy (non-hydrogen) atoms. The smallest absolute Gasteiger partial charge is 0.0521 e. The number of nitrogens with one attached hydrogen (secondary N) is 1. The van der Waals surface area contributed by atoms with Crippen molar-refractivity contribution in [3.8, 4) is 0 Å². The number of halogens is 1. The molecular formula is C16H20BrNS2. The number of benzene rings is 1. The molecular weight excluding hydrogens is 350 g/mol. The van der Waals surface area contributed by atoms with Crippen LogP contribution in [0.25, 0.3) is 0 Å². The van der Waals surface area contributed by atoms with Crippen LogP contribution in [-0.4, -0.2) is 12.3 Å².